The average Bonchev–Trinajstić information content (AvgIpc) is 3.49. The van der Waals surface area contributed by atoms with Crippen LogP contribution in [0.15, 0.2) is 86.0 Å². The Morgan fingerprint density at radius 3 is 0.885 bits per heavy atom. The van der Waals surface area contributed by atoms with Gasteiger partial charge >= 0.3 is 0 Å². The molecule has 0 aliphatic carbocycles. The van der Waals surface area contributed by atoms with E-state index in [1.807, 2.05) is 79.9 Å². The van der Waals surface area contributed by atoms with Crippen LogP contribution in [0.5, 0.6) is 0 Å². The van der Waals surface area contributed by atoms with E-state index in [-0.39, 0.29) is 0 Å². The topological polar surface area (TPSA) is 71.3 Å². The van der Waals surface area contributed by atoms with Gasteiger partial charge < -0.3 is 0 Å². The van der Waals surface area contributed by atoms with Gasteiger partial charge in [-0.15, -0.1) is 0 Å². The van der Waals surface area contributed by atoms with Crippen molar-refractivity contribution in [1.82, 2.24) is 39.1 Å². The third-order valence-corrected chi connectivity index (χ3v) is 4.08. The lowest BCUT2D eigenvalue weighted by molar-refractivity contribution is 0.794. The zero-order valence-corrected chi connectivity index (χ0v) is 13.7. The van der Waals surface area contributed by atoms with Gasteiger partial charge in [-0.25, -0.2) is 18.7 Å². The number of hydrogen-bond donors (Lipinski definition) is 0. The highest BCUT2D eigenvalue weighted by Gasteiger charge is 2.16. The summed E-state index contributed by atoms with van der Waals surface area (Å²) in [7, 11) is 0. The molecule has 5 rings (SSSR count). The molecule has 8 nitrogen and oxygen atoms in total. The van der Waals surface area contributed by atoms with Crippen LogP contribution in [0.25, 0.3) is 22.7 Å². The lowest BCUT2D eigenvalue weighted by Gasteiger charge is -2.16. The number of benzene rings is 1. The highest BCUT2D eigenvalue weighted by molar-refractivity contribution is 5.66. The van der Waals surface area contributed by atoms with Gasteiger partial charge in [-0.05, 0) is 36.4 Å². The zero-order valence-electron chi connectivity index (χ0n) is 13.7. The fourth-order valence-corrected chi connectivity index (χ4v) is 2.93. The fourth-order valence-electron chi connectivity index (χ4n) is 2.93. The summed E-state index contributed by atoms with van der Waals surface area (Å²) in [5, 5.41) is 17.6. The van der Waals surface area contributed by atoms with Crippen LogP contribution in [0.3, 0.4) is 0 Å². The van der Waals surface area contributed by atoms with Crippen molar-refractivity contribution in [1.29, 1.82) is 0 Å². The molecule has 0 radical (unpaired) electrons. The van der Waals surface area contributed by atoms with E-state index >= 15 is 0 Å². The number of hydrogen-bond acceptors (Lipinski definition) is 4. The van der Waals surface area contributed by atoms with E-state index in [1.54, 1.807) is 24.8 Å². The zero-order chi connectivity index (χ0) is 17.3. The predicted octanol–water partition coefficient (Wildman–Crippen LogP) is 2.43. The largest absolute Gasteiger partial charge is 0.239 e. The normalized spacial score (nSPS) is 11.1. The standard InChI is InChI=1S/C18H14N8/c1-5-19-23(9-1)15-13-17(25-11-3-7-21-25)18(26-12-4-8-22-26)14-16(15)24-10-2-6-20-24/h1-14H. The smallest absolute Gasteiger partial charge is 0.0925 e. The summed E-state index contributed by atoms with van der Waals surface area (Å²) in [5.41, 5.74) is 3.56. The molecule has 8 heteroatoms. The summed E-state index contributed by atoms with van der Waals surface area (Å²) >= 11 is 0. The molecule has 126 valence electrons. The van der Waals surface area contributed by atoms with Crippen molar-refractivity contribution in [3.63, 3.8) is 0 Å². The molecule has 4 heterocycles. The van der Waals surface area contributed by atoms with Crippen molar-refractivity contribution in [3.8, 4) is 22.7 Å². The van der Waals surface area contributed by atoms with Crippen LogP contribution < -0.4 is 0 Å². The summed E-state index contributed by atoms with van der Waals surface area (Å²) in [6.45, 7) is 0. The van der Waals surface area contributed by atoms with Crippen molar-refractivity contribution in [3.05, 3.63) is 86.0 Å². The van der Waals surface area contributed by atoms with E-state index in [0.717, 1.165) is 22.7 Å². The van der Waals surface area contributed by atoms with E-state index in [2.05, 4.69) is 20.4 Å². The van der Waals surface area contributed by atoms with Crippen molar-refractivity contribution < 1.29 is 0 Å². The maximum Gasteiger partial charge on any atom is 0.0925 e. The van der Waals surface area contributed by atoms with Crippen LogP contribution in [0.4, 0.5) is 0 Å². The molecule has 0 fully saturated rings. The predicted molar refractivity (Wildman–Crippen MR) is 94.9 cm³/mol. The number of rotatable bonds is 4. The highest BCUT2D eigenvalue weighted by atomic mass is 15.3. The Hall–Kier alpha value is -3.94. The lowest BCUT2D eigenvalue weighted by Crippen LogP contribution is -2.10. The van der Waals surface area contributed by atoms with Gasteiger partial charge in [0, 0.05) is 49.6 Å². The van der Waals surface area contributed by atoms with Crippen molar-refractivity contribution >= 4 is 0 Å². The summed E-state index contributed by atoms with van der Waals surface area (Å²) in [6.07, 6.45) is 14.6. The summed E-state index contributed by atoms with van der Waals surface area (Å²) in [4.78, 5) is 0. The molecule has 0 unspecified atom stereocenters. The molecule has 0 saturated carbocycles. The molecule has 1 aromatic carbocycles. The van der Waals surface area contributed by atoms with Crippen LogP contribution in [0, 0.1) is 0 Å². The molecule has 4 aromatic heterocycles. The van der Waals surface area contributed by atoms with Crippen molar-refractivity contribution in [2.24, 2.45) is 0 Å². The average molecular weight is 342 g/mol. The van der Waals surface area contributed by atoms with Gasteiger partial charge in [0.2, 0.25) is 0 Å². The number of nitrogens with zero attached hydrogens (tertiary/aromatic N) is 8. The third-order valence-electron chi connectivity index (χ3n) is 4.08. The summed E-state index contributed by atoms with van der Waals surface area (Å²) in [6, 6.07) is 11.6. The van der Waals surface area contributed by atoms with E-state index in [1.165, 1.54) is 0 Å². The first-order valence-electron chi connectivity index (χ1n) is 8.08. The molecular weight excluding hydrogens is 328 g/mol. The second kappa shape index (κ2) is 5.85. The molecule has 0 amide bonds. The van der Waals surface area contributed by atoms with E-state index in [4.69, 9.17) is 0 Å². The highest BCUT2D eigenvalue weighted by Crippen LogP contribution is 2.28. The molecule has 0 spiro atoms. The Kier molecular flexibility index (Phi) is 3.24. The monoisotopic (exact) mass is 342 g/mol. The van der Waals surface area contributed by atoms with Gasteiger partial charge in [-0.1, -0.05) is 0 Å². The Morgan fingerprint density at radius 1 is 0.423 bits per heavy atom. The van der Waals surface area contributed by atoms with Gasteiger partial charge in [-0.3, -0.25) is 0 Å². The van der Waals surface area contributed by atoms with Crippen molar-refractivity contribution in [2.75, 3.05) is 0 Å². The van der Waals surface area contributed by atoms with E-state index < -0.39 is 0 Å². The van der Waals surface area contributed by atoms with E-state index in [9.17, 15) is 0 Å². The quantitative estimate of drug-likeness (QED) is 0.503. The van der Waals surface area contributed by atoms with Crippen molar-refractivity contribution in [2.45, 2.75) is 0 Å². The lowest BCUT2D eigenvalue weighted by atomic mass is 10.2. The molecule has 0 bridgehead atoms. The minimum Gasteiger partial charge on any atom is -0.239 e. The maximum atomic E-state index is 4.40. The first-order chi connectivity index (χ1) is 12.9. The summed E-state index contributed by atoms with van der Waals surface area (Å²) in [5.74, 6) is 0. The second-order valence-corrected chi connectivity index (χ2v) is 5.63. The van der Waals surface area contributed by atoms with Gasteiger partial charge in [0.25, 0.3) is 0 Å². The summed E-state index contributed by atoms with van der Waals surface area (Å²) < 4.78 is 7.27. The van der Waals surface area contributed by atoms with E-state index in [0.29, 0.717) is 0 Å². The van der Waals surface area contributed by atoms with Crippen LogP contribution in [0.1, 0.15) is 0 Å². The second-order valence-electron chi connectivity index (χ2n) is 5.63. The molecule has 0 N–H and O–H groups in total. The molecule has 0 atom stereocenters. The maximum absolute atomic E-state index is 4.40. The first-order valence-corrected chi connectivity index (χ1v) is 8.08. The van der Waals surface area contributed by atoms with Gasteiger partial charge in [0.15, 0.2) is 0 Å². The molecule has 5 aromatic rings. The fraction of sp³-hybridized carbons (Fsp3) is 0. The van der Waals surface area contributed by atoms with Crippen LogP contribution in [0.2, 0.25) is 0 Å². The Labute approximate surface area is 148 Å². The molecular formula is C18H14N8. The molecule has 26 heavy (non-hydrogen) atoms. The van der Waals surface area contributed by atoms with Crippen LogP contribution in [-0.4, -0.2) is 39.1 Å². The van der Waals surface area contributed by atoms with Gasteiger partial charge in [0.05, 0.1) is 22.7 Å². The Balaban J connectivity index is 1.84. The third kappa shape index (κ3) is 2.32. The Bertz CT molecular complexity index is 926. The minimum atomic E-state index is 0.889. The molecule has 0 aliphatic rings. The van der Waals surface area contributed by atoms with Gasteiger partial charge in [0.1, 0.15) is 0 Å². The van der Waals surface area contributed by atoms with Crippen LogP contribution in [-0.2, 0) is 0 Å². The SMILES string of the molecule is c1cnn(-c2cc(-n3cccn3)c(-n3cccn3)cc2-n2cccn2)c1. The Morgan fingerprint density at radius 2 is 0.692 bits per heavy atom. The minimum absolute atomic E-state index is 0.889. The van der Waals surface area contributed by atoms with Crippen LogP contribution >= 0.6 is 0 Å². The first kappa shape index (κ1) is 14.4. The van der Waals surface area contributed by atoms with Gasteiger partial charge in [-0.2, -0.15) is 20.4 Å². The number of aromatic nitrogens is 8. The molecule has 0 saturated heterocycles. The molecule has 0 aliphatic heterocycles.